The van der Waals surface area contributed by atoms with Gasteiger partial charge in [-0.05, 0) is 60.7 Å². The number of hydrogen-bond donors (Lipinski definition) is 3. The zero-order valence-corrected chi connectivity index (χ0v) is 21.1. The number of hydrogen-bond acceptors (Lipinski definition) is 6. The summed E-state index contributed by atoms with van der Waals surface area (Å²) in [5.74, 6) is -1.01. The highest BCUT2D eigenvalue weighted by molar-refractivity contribution is 8.26. The lowest BCUT2D eigenvalue weighted by Crippen LogP contribution is -2.46. The highest BCUT2D eigenvalue weighted by atomic mass is 35.5. The zero-order valence-electron chi connectivity index (χ0n) is 17.2. The first-order valence-electron chi connectivity index (χ1n) is 9.56. The molecular formula is C22H12Cl3N3O5S2. The number of benzene rings is 2. The van der Waals surface area contributed by atoms with Crippen LogP contribution in [0, 0.1) is 0 Å². The molecule has 0 unspecified atom stereocenters. The fourth-order valence-electron chi connectivity index (χ4n) is 2.96. The average molecular weight is 569 g/mol. The lowest BCUT2D eigenvalue weighted by molar-refractivity contribution is -0.123. The van der Waals surface area contributed by atoms with Crippen LogP contribution in [0.3, 0.4) is 0 Å². The second kappa shape index (κ2) is 10.3. The average Bonchev–Trinajstić information content (AvgIpc) is 3.37. The van der Waals surface area contributed by atoms with Gasteiger partial charge in [0.15, 0.2) is 4.32 Å². The number of thiocarbonyl (C=S) groups is 1. The molecule has 13 heteroatoms. The molecule has 0 saturated carbocycles. The number of nitrogens with one attached hydrogen (secondary N) is 2. The molecule has 1 fully saturated rings. The summed E-state index contributed by atoms with van der Waals surface area (Å²) in [6.45, 7) is 0. The van der Waals surface area contributed by atoms with Gasteiger partial charge < -0.3 is 14.8 Å². The van der Waals surface area contributed by atoms with Crippen LogP contribution < -0.4 is 10.7 Å². The van der Waals surface area contributed by atoms with E-state index < -0.39 is 17.9 Å². The number of carbonyl (C=O) groups is 3. The predicted molar refractivity (Wildman–Crippen MR) is 140 cm³/mol. The summed E-state index contributed by atoms with van der Waals surface area (Å²) in [5.41, 5.74) is 3.19. The Morgan fingerprint density at radius 3 is 2.49 bits per heavy atom. The van der Waals surface area contributed by atoms with Crippen LogP contribution in [0.15, 0.2) is 57.9 Å². The molecule has 0 aliphatic carbocycles. The number of hydrazine groups is 1. The minimum absolute atomic E-state index is 0.0618. The molecule has 1 aliphatic rings. The summed E-state index contributed by atoms with van der Waals surface area (Å²) >= 11 is 23.9. The lowest BCUT2D eigenvalue weighted by atomic mass is 10.1. The van der Waals surface area contributed by atoms with E-state index in [2.05, 4.69) is 10.7 Å². The molecule has 178 valence electrons. The van der Waals surface area contributed by atoms with Gasteiger partial charge in [0.25, 0.3) is 5.91 Å². The minimum atomic E-state index is -1.16. The number of amides is 3. The number of furan rings is 1. The standard InChI is InChI=1S/C22H12Cl3N3O5S2/c23-14-4-1-10(7-13(14)20(30)31)17-6-3-12(33-17)9-18-19(29)28(22(34)35-18)27-21(32)26-11-2-5-15(24)16(25)8-11/h1-9H,(H,30,31)(H2,26,27,32)/b18-9+. The molecule has 3 aromatic rings. The molecule has 35 heavy (non-hydrogen) atoms. The van der Waals surface area contributed by atoms with Gasteiger partial charge in [0, 0.05) is 17.3 Å². The first kappa shape index (κ1) is 25.1. The van der Waals surface area contributed by atoms with Crippen molar-refractivity contribution in [2.75, 3.05) is 5.32 Å². The van der Waals surface area contributed by atoms with Crippen LogP contribution in [0.5, 0.6) is 0 Å². The van der Waals surface area contributed by atoms with Crippen LogP contribution in [-0.2, 0) is 4.79 Å². The molecule has 0 radical (unpaired) electrons. The maximum absolute atomic E-state index is 12.8. The maximum Gasteiger partial charge on any atom is 0.338 e. The van der Waals surface area contributed by atoms with Crippen molar-refractivity contribution >= 4 is 92.8 Å². The smallest absolute Gasteiger partial charge is 0.338 e. The van der Waals surface area contributed by atoms with E-state index in [4.69, 9.17) is 51.4 Å². The molecular weight excluding hydrogens is 557 g/mol. The van der Waals surface area contributed by atoms with E-state index in [1.807, 2.05) is 0 Å². The Morgan fingerprint density at radius 1 is 1.03 bits per heavy atom. The van der Waals surface area contributed by atoms with Gasteiger partial charge >= 0.3 is 12.0 Å². The third-order valence-corrected chi connectivity index (χ3v) is 6.94. The van der Waals surface area contributed by atoms with Crippen LogP contribution in [0.2, 0.25) is 15.1 Å². The Labute approximate surface area is 222 Å². The predicted octanol–water partition coefficient (Wildman–Crippen LogP) is 6.54. The van der Waals surface area contributed by atoms with Gasteiger partial charge in [0.05, 0.1) is 25.5 Å². The van der Waals surface area contributed by atoms with Gasteiger partial charge in [0.2, 0.25) is 0 Å². The number of thioether (sulfide) groups is 1. The molecule has 2 aromatic carbocycles. The lowest BCUT2D eigenvalue weighted by Gasteiger charge is -2.16. The van der Waals surface area contributed by atoms with Gasteiger partial charge in [0.1, 0.15) is 11.5 Å². The van der Waals surface area contributed by atoms with Crippen molar-refractivity contribution < 1.29 is 23.9 Å². The van der Waals surface area contributed by atoms with Gasteiger partial charge in [-0.25, -0.2) is 15.0 Å². The van der Waals surface area contributed by atoms with Crippen molar-refractivity contribution in [3.63, 3.8) is 0 Å². The van der Waals surface area contributed by atoms with Crippen molar-refractivity contribution in [2.24, 2.45) is 0 Å². The molecule has 1 aliphatic heterocycles. The molecule has 0 bridgehead atoms. The van der Waals surface area contributed by atoms with Crippen molar-refractivity contribution in [3.8, 4) is 11.3 Å². The Balaban J connectivity index is 1.47. The molecule has 1 saturated heterocycles. The number of urea groups is 1. The number of rotatable bonds is 5. The van der Waals surface area contributed by atoms with Crippen LogP contribution in [0.1, 0.15) is 16.1 Å². The molecule has 1 aromatic heterocycles. The van der Waals surface area contributed by atoms with Crippen molar-refractivity contribution in [3.05, 3.63) is 79.8 Å². The van der Waals surface area contributed by atoms with Gasteiger partial charge in [-0.2, -0.15) is 5.01 Å². The third kappa shape index (κ3) is 5.63. The van der Waals surface area contributed by atoms with E-state index >= 15 is 0 Å². The number of anilines is 1. The summed E-state index contributed by atoms with van der Waals surface area (Å²) in [5, 5.41) is 13.4. The summed E-state index contributed by atoms with van der Waals surface area (Å²) in [7, 11) is 0. The van der Waals surface area contributed by atoms with E-state index in [0.717, 1.165) is 16.8 Å². The number of carboxylic acid groups (broad SMARTS) is 1. The fraction of sp³-hybridized carbons (Fsp3) is 0. The SMILES string of the molecule is O=C(Nc1ccc(Cl)c(Cl)c1)NN1C(=O)/C(=C\c2ccc(-c3ccc(Cl)c(C(=O)O)c3)o2)SC1=S. The summed E-state index contributed by atoms with van der Waals surface area (Å²) in [6, 6.07) is 11.5. The van der Waals surface area contributed by atoms with E-state index in [0.29, 0.717) is 27.8 Å². The number of nitrogens with zero attached hydrogens (tertiary/aromatic N) is 1. The number of carbonyl (C=O) groups excluding carboxylic acids is 2. The molecule has 3 N–H and O–H groups in total. The van der Waals surface area contributed by atoms with E-state index in [-0.39, 0.29) is 24.8 Å². The maximum atomic E-state index is 12.8. The second-order valence-corrected chi connectivity index (χ2v) is 9.81. The Kier molecular flexibility index (Phi) is 7.39. The number of aromatic carboxylic acids is 1. The summed E-state index contributed by atoms with van der Waals surface area (Å²) < 4.78 is 5.86. The minimum Gasteiger partial charge on any atom is -0.478 e. The van der Waals surface area contributed by atoms with Crippen LogP contribution in [-0.4, -0.2) is 32.3 Å². The van der Waals surface area contributed by atoms with Crippen molar-refractivity contribution in [1.82, 2.24) is 10.4 Å². The van der Waals surface area contributed by atoms with Gasteiger partial charge in [-0.3, -0.25) is 4.79 Å². The molecule has 3 amide bonds. The Hall–Kier alpha value is -3.02. The Bertz CT molecular complexity index is 1420. The van der Waals surface area contributed by atoms with Crippen LogP contribution >= 0.6 is 58.8 Å². The normalized spacial score (nSPS) is 14.5. The molecule has 0 spiro atoms. The first-order chi connectivity index (χ1) is 16.6. The van der Waals surface area contributed by atoms with Crippen molar-refractivity contribution in [1.29, 1.82) is 0 Å². The van der Waals surface area contributed by atoms with E-state index in [9.17, 15) is 19.5 Å². The Morgan fingerprint density at radius 2 is 1.77 bits per heavy atom. The van der Waals surface area contributed by atoms with Crippen molar-refractivity contribution in [2.45, 2.75) is 0 Å². The van der Waals surface area contributed by atoms with E-state index in [1.165, 1.54) is 30.3 Å². The molecule has 4 rings (SSSR count). The third-order valence-electron chi connectivity index (χ3n) is 4.57. The highest BCUT2D eigenvalue weighted by Gasteiger charge is 2.34. The van der Waals surface area contributed by atoms with Gasteiger partial charge in [-0.1, -0.05) is 46.6 Å². The molecule has 8 nitrogen and oxygen atoms in total. The topological polar surface area (TPSA) is 112 Å². The first-order valence-corrected chi connectivity index (χ1v) is 11.9. The summed E-state index contributed by atoms with van der Waals surface area (Å²) in [6.07, 6.45) is 1.47. The van der Waals surface area contributed by atoms with Gasteiger partial charge in [-0.15, -0.1) is 0 Å². The molecule has 0 atom stereocenters. The number of halogens is 3. The summed E-state index contributed by atoms with van der Waals surface area (Å²) in [4.78, 5) is 36.7. The van der Waals surface area contributed by atoms with Crippen LogP contribution in [0.25, 0.3) is 17.4 Å². The number of carboxylic acids is 1. The zero-order chi connectivity index (χ0) is 25.3. The largest absolute Gasteiger partial charge is 0.478 e. The van der Waals surface area contributed by atoms with Crippen LogP contribution in [0.4, 0.5) is 10.5 Å². The fourth-order valence-corrected chi connectivity index (χ4v) is 4.61. The molecule has 2 heterocycles. The van der Waals surface area contributed by atoms with E-state index in [1.54, 1.807) is 24.3 Å². The second-order valence-electron chi connectivity index (χ2n) is 6.91. The monoisotopic (exact) mass is 567 g/mol. The highest BCUT2D eigenvalue weighted by Crippen LogP contribution is 2.33. The quantitative estimate of drug-likeness (QED) is 0.237.